The fraction of sp³-hybridized carbons (Fsp3) is 0.269. The number of hydrogen-bond acceptors (Lipinski definition) is 4. The molecule has 0 aliphatic carbocycles. The molecular weight excluding hydrogens is 541 g/mol. The Labute approximate surface area is 217 Å². The van der Waals surface area contributed by atoms with Gasteiger partial charge in [-0.1, -0.05) is 48.5 Å². The van der Waals surface area contributed by atoms with Crippen LogP contribution in [-0.2, 0) is 17.9 Å². The van der Waals surface area contributed by atoms with E-state index < -0.39 is 0 Å². The highest BCUT2D eigenvalue weighted by molar-refractivity contribution is 14.0. The standard InChI is InChI=1S/C26H29N5O2.HI/c1-2-27-26(30-17-21-15-24(32)31-23-11-7-6-10-22(21)23)29-16-20-12-13-28-25(14-20)33-18-19-8-4-3-5-9-19;/h3-14,21H,2,15-18H2,1H3,(H,31,32)(H2,27,29,30);1H. The molecule has 1 aliphatic heterocycles. The van der Waals surface area contributed by atoms with Gasteiger partial charge in [0.1, 0.15) is 6.61 Å². The highest BCUT2D eigenvalue weighted by Gasteiger charge is 2.24. The van der Waals surface area contributed by atoms with Crippen molar-refractivity contribution in [3.8, 4) is 5.88 Å². The SMILES string of the molecule is CCNC(=NCc1ccnc(OCc2ccccc2)c1)NCC1CC(=O)Nc2ccccc21.I. The van der Waals surface area contributed by atoms with Crippen LogP contribution in [0.25, 0.3) is 0 Å². The van der Waals surface area contributed by atoms with Crippen molar-refractivity contribution in [2.45, 2.75) is 32.4 Å². The van der Waals surface area contributed by atoms with Gasteiger partial charge in [0.25, 0.3) is 0 Å². The van der Waals surface area contributed by atoms with Crippen LogP contribution in [0, 0.1) is 0 Å². The molecule has 0 radical (unpaired) electrons. The molecule has 2 aromatic carbocycles. The molecule has 34 heavy (non-hydrogen) atoms. The number of carbonyl (C=O) groups excluding carboxylic acids is 1. The van der Waals surface area contributed by atoms with Gasteiger partial charge >= 0.3 is 0 Å². The third kappa shape index (κ3) is 7.18. The molecule has 7 nitrogen and oxygen atoms in total. The number of pyridine rings is 1. The number of aromatic nitrogens is 1. The number of guanidine groups is 1. The summed E-state index contributed by atoms with van der Waals surface area (Å²) in [4.78, 5) is 21.1. The van der Waals surface area contributed by atoms with E-state index in [4.69, 9.17) is 9.73 Å². The number of anilines is 1. The van der Waals surface area contributed by atoms with Crippen LogP contribution in [0.15, 0.2) is 77.9 Å². The van der Waals surface area contributed by atoms with E-state index in [9.17, 15) is 4.79 Å². The smallest absolute Gasteiger partial charge is 0.225 e. The largest absolute Gasteiger partial charge is 0.473 e. The van der Waals surface area contributed by atoms with Crippen molar-refractivity contribution in [3.05, 3.63) is 89.6 Å². The maximum atomic E-state index is 12.1. The molecule has 0 saturated carbocycles. The Kier molecular flexibility index (Phi) is 9.69. The molecule has 1 aromatic heterocycles. The molecule has 178 valence electrons. The van der Waals surface area contributed by atoms with Crippen LogP contribution in [-0.4, -0.2) is 29.9 Å². The summed E-state index contributed by atoms with van der Waals surface area (Å²) < 4.78 is 5.83. The zero-order valence-corrected chi connectivity index (χ0v) is 21.5. The van der Waals surface area contributed by atoms with E-state index in [1.165, 1.54) is 0 Å². The number of nitrogens with one attached hydrogen (secondary N) is 3. The minimum absolute atomic E-state index is 0. The lowest BCUT2D eigenvalue weighted by Gasteiger charge is -2.26. The molecule has 3 aromatic rings. The highest BCUT2D eigenvalue weighted by Crippen LogP contribution is 2.31. The van der Waals surface area contributed by atoms with Crippen LogP contribution in [0.4, 0.5) is 5.69 Å². The van der Waals surface area contributed by atoms with E-state index >= 15 is 0 Å². The molecule has 4 rings (SSSR count). The van der Waals surface area contributed by atoms with Gasteiger partial charge in [-0.25, -0.2) is 9.98 Å². The fourth-order valence-electron chi connectivity index (χ4n) is 3.78. The molecule has 0 spiro atoms. The number of amides is 1. The van der Waals surface area contributed by atoms with Crippen molar-refractivity contribution < 1.29 is 9.53 Å². The number of para-hydroxylation sites is 1. The molecule has 1 unspecified atom stereocenters. The second-order valence-electron chi connectivity index (χ2n) is 7.89. The van der Waals surface area contributed by atoms with Crippen molar-refractivity contribution in [2.75, 3.05) is 18.4 Å². The topological polar surface area (TPSA) is 87.6 Å². The van der Waals surface area contributed by atoms with Gasteiger partial charge in [-0.3, -0.25) is 4.79 Å². The van der Waals surface area contributed by atoms with Crippen molar-refractivity contribution in [1.82, 2.24) is 15.6 Å². The van der Waals surface area contributed by atoms with Gasteiger partial charge in [0.05, 0.1) is 6.54 Å². The van der Waals surface area contributed by atoms with Crippen molar-refractivity contribution in [2.24, 2.45) is 4.99 Å². The number of rotatable bonds is 8. The van der Waals surface area contributed by atoms with E-state index in [2.05, 4.69) is 27.0 Å². The molecule has 1 atom stereocenters. The lowest BCUT2D eigenvalue weighted by atomic mass is 9.90. The summed E-state index contributed by atoms with van der Waals surface area (Å²) in [6.07, 6.45) is 2.19. The zero-order valence-electron chi connectivity index (χ0n) is 19.2. The summed E-state index contributed by atoms with van der Waals surface area (Å²) in [5.74, 6) is 1.43. The first-order valence-corrected chi connectivity index (χ1v) is 11.2. The summed E-state index contributed by atoms with van der Waals surface area (Å²) >= 11 is 0. The van der Waals surface area contributed by atoms with E-state index in [1.807, 2.05) is 67.6 Å². The minimum Gasteiger partial charge on any atom is -0.473 e. The molecular formula is C26H30IN5O2. The number of ether oxygens (including phenoxy) is 1. The fourth-order valence-corrected chi connectivity index (χ4v) is 3.78. The summed E-state index contributed by atoms with van der Waals surface area (Å²) in [5, 5.41) is 9.62. The first kappa shape index (κ1) is 25.5. The van der Waals surface area contributed by atoms with Crippen molar-refractivity contribution in [3.63, 3.8) is 0 Å². The average Bonchev–Trinajstić information content (AvgIpc) is 2.85. The average molecular weight is 571 g/mol. The minimum atomic E-state index is 0. The first-order valence-electron chi connectivity index (χ1n) is 11.2. The second kappa shape index (κ2) is 12.9. The molecule has 8 heteroatoms. The van der Waals surface area contributed by atoms with Crippen molar-refractivity contribution >= 4 is 41.5 Å². The van der Waals surface area contributed by atoms with Gasteiger partial charge in [0.2, 0.25) is 11.8 Å². The van der Waals surface area contributed by atoms with Crippen LogP contribution >= 0.6 is 24.0 Å². The number of carbonyl (C=O) groups is 1. The molecule has 2 heterocycles. The molecule has 1 amide bonds. The zero-order chi connectivity index (χ0) is 22.9. The monoisotopic (exact) mass is 571 g/mol. The molecule has 1 aliphatic rings. The first-order chi connectivity index (χ1) is 16.2. The van der Waals surface area contributed by atoms with E-state index in [-0.39, 0.29) is 35.8 Å². The summed E-state index contributed by atoms with van der Waals surface area (Å²) in [7, 11) is 0. The van der Waals surface area contributed by atoms with Gasteiger partial charge < -0.3 is 20.7 Å². The Hall–Kier alpha value is -3.14. The van der Waals surface area contributed by atoms with Crippen LogP contribution in [0.3, 0.4) is 0 Å². The van der Waals surface area contributed by atoms with Crippen molar-refractivity contribution in [1.29, 1.82) is 0 Å². The van der Waals surface area contributed by atoms with Crippen LogP contribution in [0.2, 0.25) is 0 Å². The third-order valence-corrected chi connectivity index (χ3v) is 5.42. The normalized spacial score (nSPS) is 14.9. The Morgan fingerprint density at radius 3 is 2.71 bits per heavy atom. The number of halogens is 1. The van der Waals surface area contributed by atoms with Gasteiger partial charge in [-0.2, -0.15) is 0 Å². The number of hydrogen-bond donors (Lipinski definition) is 3. The number of benzene rings is 2. The summed E-state index contributed by atoms with van der Waals surface area (Å²) in [5.41, 5.74) is 4.14. The van der Waals surface area contributed by atoms with E-state index in [1.54, 1.807) is 6.20 Å². The third-order valence-electron chi connectivity index (χ3n) is 5.42. The van der Waals surface area contributed by atoms with E-state index in [0.29, 0.717) is 38.0 Å². The Balaban J connectivity index is 0.00000324. The number of fused-ring (bicyclic) bond motifs is 1. The summed E-state index contributed by atoms with van der Waals surface area (Å²) in [6, 6.07) is 21.8. The van der Waals surface area contributed by atoms with Gasteiger partial charge in [-0.15, -0.1) is 24.0 Å². The summed E-state index contributed by atoms with van der Waals surface area (Å²) in [6.45, 7) is 4.36. The number of nitrogens with zero attached hydrogens (tertiary/aromatic N) is 2. The van der Waals surface area contributed by atoms with Crippen LogP contribution in [0.1, 0.15) is 36.0 Å². The predicted octanol–water partition coefficient (Wildman–Crippen LogP) is 4.46. The van der Waals surface area contributed by atoms with Gasteiger partial charge in [0.15, 0.2) is 5.96 Å². The molecule has 0 fully saturated rings. The maximum absolute atomic E-state index is 12.1. The van der Waals surface area contributed by atoms with Crippen LogP contribution < -0.4 is 20.7 Å². The van der Waals surface area contributed by atoms with Gasteiger partial charge in [0, 0.05) is 43.4 Å². The maximum Gasteiger partial charge on any atom is 0.225 e. The Morgan fingerprint density at radius 1 is 1.09 bits per heavy atom. The Bertz CT molecular complexity index is 1110. The lowest BCUT2D eigenvalue weighted by Crippen LogP contribution is -2.40. The van der Waals surface area contributed by atoms with E-state index in [0.717, 1.165) is 28.9 Å². The highest BCUT2D eigenvalue weighted by atomic mass is 127. The molecule has 3 N–H and O–H groups in total. The van der Waals surface area contributed by atoms with Crippen LogP contribution in [0.5, 0.6) is 5.88 Å². The number of aliphatic imine (C=N–C) groups is 1. The molecule has 0 saturated heterocycles. The predicted molar refractivity (Wildman–Crippen MR) is 146 cm³/mol. The quantitative estimate of drug-likeness (QED) is 0.211. The second-order valence-corrected chi connectivity index (χ2v) is 7.89. The lowest BCUT2D eigenvalue weighted by molar-refractivity contribution is -0.116. The van der Waals surface area contributed by atoms with Gasteiger partial charge in [-0.05, 0) is 35.7 Å². The Morgan fingerprint density at radius 2 is 1.88 bits per heavy atom. The molecule has 0 bridgehead atoms.